The smallest absolute Gasteiger partial charge is 0.118 e. The fourth-order valence-electron chi connectivity index (χ4n) is 8.89. The van der Waals surface area contributed by atoms with Gasteiger partial charge in [-0.1, -0.05) is 187 Å². The lowest BCUT2D eigenvalue weighted by atomic mass is 9.72. The van der Waals surface area contributed by atoms with Gasteiger partial charge in [-0.2, -0.15) is 0 Å². The van der Waals surface area contributed by atoms with E-state index in [0.717, 1.165) is 26.0 Å². The topological polar surface area (TPSA) is 196 Å². The van der Waals surface area contributed by atoms with Gasteiger partial charge in [-0.3, -0.25) is 0 Å². The molecule has 0 bridgehead atoms. The van der Waals surface area contributed by atoms with Crippen LogP contribution < -0.4 is 28.4 Å². The number of rotatable bonds is 30. The zero-order chi connectivity index (χ0) is 203. The van der Waals surface area contributed by atoms with Crippen molar-refractivity contribution >= 4 is 0 Å². The van der Waals surface area contributed by atoms with Gasteiger partial charge in [-0.05, 0) is 267 Å². The van der Waals surface area contributed by atoms with E-state index in [0.29, 0.717) is 11.9 Å². The van der Waals surface area contributed by atoms with E-state index in [1.807, 2.05) is 0 Å². The Hall–Kier alpha value is -6.36. The first-order valence-electron chi connectivity index (χ1n) is 98.2. The third-order valence-electron chi connectivity index (χ3n) is 14.0. The first-order valence-corrected chi connectivity index (χ1v) is 32.2. The van der Waals surface area contributed by atoms with Crippen molar-refractivity contribution in [3.63, 3.8) is 0 Å². The van der Waals surface area contributed by atoms with Crippen LogP contribution in [0.2, 0.25) is 0 Å². The SMILES string of the molecule is [2H]c1c([2H])c(C([2H])(C([2H])([2H])N(C([2H])([2H])[2H])C([2H])([2H])[2H])C2(O)C([2H])([2H])C([2H])([2H])C([2H])([2H])C([2H])([2H])C2([2H])[2H])c([2H])c([2H])c1OC([2H])([2H])[2H].[2H]c1c([2H])c(C([2H])(C([2H])([2H])N(C)C([2H])([2H])[2H])C2(O)C([2H])([2H])C([2H])([2H])C([2H])([2H])C([2H])([2H])C2([2H])[2H])c([2H])c([2H])c1OC([2H])([2H])[2H].[2H]c1c([2H])c(C([2H])(C([2H])([2H])N(C)C)C2(O)C([2H])([2H])C([2H])([2H])C([2H])([2H])C([2H])([2H])C2([2H])[2H])c([2H])c([2H])c1OC([2H])([2H])[2H].[2H]c1c([2H])c(C([2H])(CN(C([2H])([2H])[2H])C([2H])([2H])[2H])C2(O)C([2H])([2H])C([2H])([2H])C([2H])([2H])C([2H])([2H])C2([2H])[2H])c([2H])c([2H])c1OC([2H])([2H])[2H].[2H]c1c([2H])c(C([2H])(CN(C)C([2H])([2H])[2H])C2(O)C([2H])([2H])C([2H])([2H])C([2H])([2H])C([2H])([2H])C2([2H])[2H])c([2H])c([2H])c1OC([2H])([2H])[2H].[2H]c1c([2H])c(C([2H])(CN(C)C)C2(O)C([2H])([2H])C([2H])([2H])C([2H])([2H])C([2H])([2H])C2([2H])[2H])c([2H])c([2H])c1OC([2H])([2H])[2H]. The van der Waals surface area contributed by atoms with Crippen LogP contribution in [0.25, 0.3) is 0 Å². The first-order chi connectivity index (χ1) is 109. The van der Waals surface area contributed by atoms with Crippen LogP contribution in [-0.4, -0.2) is 259 Å². The number of ether oxygens (including phenoxy) is 6. The molecule has 0 spiro atoms. The molecule has 6 fully saturated rings. The van der Waals surface area contributed by atoms with Crippen LogP contribution >= 0.6 is 0 Å². The maximum atomic E-state index is 12.2. The molecule has 6 N–H and O–H groups in total. The third-order valence-corrected chi connectivity index (χ3v) is 14.0. The van der Waals surface area contributed by atoms with E-state index in [-0.39, 0.29) is 9.80 Å². The van der Waals surface area contributed by atoms with Crippen molar-refractivity contribution in [2.24, 2.45) is 0 Å². The second-order valence-electron chi connectivity index (χ2n) is 23.2. The molecule has 0 amide bonds. The van der Waals surface area contributed by atoms with Crippen molar-refractivity contribution in [3.05, 3.63) is 178 Å². The molecule has 120 heavy (non-hydrogen) atoms. The van der Waals surface area contributed by atoms with Gasteiger partial charge in [0.2, 0.25) is 0 Å². The highest BCUT2D eigenvalue weighted by Gasteiger charge is 2.45. The summed E-state index contributed by atoms with van der Waals surface area (Å²) in [7, 11) is -14.9. The molecule has 672 valence electrons. The molecule has 0 aliphatic heterocycles. The predicted molar refractivity (Wildman–Crippen MR) is 494 cm³/mol. The minimum Gasteiger partial charge on any atom is -0.497 e. The molecular weight excluding hydrogens is 1500 g/mol. The molecule has 6 saturated carbocycles. The average Bonchev–Trinajstić information content (AvgIpc) is 0.630. The zero-order valence-corrected chi connectivity index (χ0v) is 62.4. The highest BCUT2D eigenvalue weighted by molar-refractivity contribution is 5.37. The van der Waals surface area contributed by atoms with Crippen LogP contribution in [0.1, 0.15) is 441 Å². The molecule has 6 aliphatic carbocycles. The number of hydrogen-bond donors (Lipinski definition) is 6. The van der Waals surface area contributed by atoms with E-state index in [1.165, 1.54) is 14.1 Å². The molecule has 6 unspecified atom stereocenters. The summed E-state index contributed by atoms with van der Waals surface area (Å²) in [5.41, 5.74) is -38.4. The molecule has 12 rings (SSSR count). The molecule has 6 aromatic rings. The van der Waals surface area contributed by atoms with Crippen molar-refractivity contribution < 1.29 is 240 Å². The van der Waals surface area contributed by atoms with Crippen molar-refractivity contribution in [1.29, 1.82) is 0 Å². The number of benzene rings is 6. The van der Waals surface area contributed by atoms with Gasteiger partial charge in [0.05, 0.1) is 133 Å². The fourth-order valence-corrected chi connectivity index (χ4v) is 8.89. The predicted octanol–water partition coefficient (Wildman–Crippen LogP) is 18.2. The molecule has 0 radical (unpaired) electrons. The lowest BCUT2D eigenvalue weighted by molar-refractivity contribution is -0.0280. The van der Waals surface area contributed by atoms with Crippen LogP contribution in [0.5, 0.6) is 34.5 Å². The second-order valence-corrected chi connectivity index (χ2v) is 23.2. The second kappa shape index (κ2) is 50.0. The highest BCUT2D eigenvalue weighted by Crippen LogP contribution is 2.47. The number of nitrogens with zero attached hydrogens (tertiary/aromatic N) is 6. The van der Waals surface area contributed by atoms with E-state index < -0.39 is 606 Å². The zero-order valence-electron chi connectivity index (χ0n) is 194. The quantitative estimate of drug-likeness (QED) is 0.0249. The standard InChI is InChI=1S/6C17H27NO2/c6*1-18(2)13-16(17(19)11-5-4-6-12-17)14-7-9-15(20-3)10-8-14/h6*7-10,16,19H,4-6,11-13H2,1-3H3/i1D3,2D3,3D3,4D2,5D2,6D2,7D,8D,9D,10D,11D2,12D2,13D2,16D;1D3,3D3,4D2,5D2,6D2,7D,8D,9D,10D,11D2,12D2,13D2,16D;1D3,2D3,3D3,4D2,5D2,6D2,7D,8D,9D,10D,11D2,12D2,16D;3D3,4D2,5D2,6D2,7D,8D,9D,10D,11D2,12D2,13D2,16D;1D3,3D3,4D2,5D2,6D2,7D,8D,9D,10D,11D2,12D2,16D;3D3,4D2,5D2,6D2,7D,8D,9D,10D,11D2,12D2,16D. The molecule has 0 aromatic heterocycles. The summed E-state index contributed by atoms with van der Waals surface area (Å²) >= 11 is 0. The lowest BCUT2D eigenvalue weighted by Gasteiger charge is -2.40. The van der Waals surface area contributed by atoms with Crippen molar-refractivity contribution in [3.8, 4) is 34.5 Å². The summed E-state index contributed by atoms with van der Waals surface area (Å²) < 4.78 is 1100. The third kappa shape index (κ3) is 31.1. The van der Waals surface area contributed by atoms with Crippen LogP contribution in [0.4, 0.5) is 0 Å². The van der Waals surface area contributed by atoms with Gasteiger partial charge in [-0.25, -0.2) is 0 Å². The van der Waals surface area contributed by atoms with Crippen LogP contribution in [-0.2, 0) is 0 Å². The Kier molecular flexibility index (Phi) is 9.48. The summed E-state index contributed by atoms with van der Waals surface area (Å²) in [5.74, 6) is -33.2. The minimum absolute atomic E-state index is 0.220. The van der Waals surface area contributed by atoms with E-state index >= 15 is 0 Å². The number of likely N-dealkylation sites (N-methyl/N-ethyl adjacent to an activating group) is 6. The Morgan fingerprint density at radius 3 is 0.625 bits per heavy atom. The lowest BCUT2D eigenvalue weighted by Crippen LogP contribution is -2.42. The van der Waals surface area contributed by atoms with Crippen LogP contribution in [0, 0.1) is 0 Å². The maximum Gasteiger partial charge on any atom is 0.118 e. The molecule has 0 heterocycles. The van der Waals surface area contributed by atoms with E-state index in [9.17, 15) is 38.9 Å². The van der Waals surface area contributed by atoms with Gasteiger partial charge in [0.25, 0.3) is 0 Å². The van der Waals surface area contributed by atoms with Gasteiger partial charge in [0.1, 0.15) is 34.5 Å². The van der Waals surface area contributed by atoms with Crippen molar-refractivity contribution in [2.45, 2.75) is 260 Å². The Labute approximate surface area is 911 Å². The highest BCUT2D eigenvalue weighted by atomic mass is 16.5. The van der Waals surface area contributed by atoms with Gasteiger partial charge in [-0.15, -0.1) is 0 Å². The van der Waals surface area contributed by atoms with Crippen molar-refractivity contribution in [1.82, 2.24) is 29.4 Å². The van der Waals surface area contributed by atoms with Crippen molar-refractivity contribution in [2.75, 3.05) is 165 Å². The summed E-state index contributed by atoms with van der Waals surface area (Å²) in [4.78, 5) is -0.494. The Morgan fingerprint density at radius 1 is 0.258 bits per heavy atom. The Balaban J connectivity index is 0.000000397. The van der Waals surface area contributed by atoms with E-state index in [1.54, 1.807) is 0 Å². The molecule has 18 heteroatoms. The summed E-state index contributed by atoms with van der Waals surface area (Å²) in [6, 6.07) is -36.0. The van der Waals surface area contributed by atoms with Crippen LogP contribution in [0.15, 0.2) is 145 Å². The molecule has 6 aromatic carbocycles. The van der Waals surface area contributed by atoms with Gasteiger partial charge in [0, 0.05) is 198 Å². The molecule has 0 saturated heterocycles. The summed E-state index contributed by atoms with van der Waals surface area (Å²) in [5, 5.41) is 72.3. The molecular formula is C102H162N6O12. The molecule has 6 aliphatic rings. The number of aliphatic hydroxyl groups is 6. The Morgan fingerprint density at radius 2 is 0.433 bits per heavy atom. The van der Waals surface area contributed by atoms with E-state index in [2.05, 4.69) is 28.4 Å². The first kappa shape index (κ1) is 22.8. The van der Waals surface area contributed by atoms with Gasteiger partial charge < -0.3 is 88.5 Å². The normalized spacial score (nSPS) is 51.8. The Bertz CT molecular complexity index is 10000. The molecule has 6 atom stereocenters. The summed E-state index contributed by atoms with van der Waals surface area (Å²) in [6.45, 7) is -41.0. The monoisotopic (exact) mass is 1800 g/mol. The summed E-state index contributed by atoms with van der Waals surface area (Å²) in [6.07, 6.45) is -130. The van der Waals surface area contributed by atoms with E-state index in [4.69, 9.17) is 173 Å². The largest absolute Gasteiger partial charge is 0.497 e. The number of hydrogen-bond acceptors (Lipinski definition) is 18. The van der Waals surface area contributed by atoms with Gasteiger partial charge >= 0.3 is 0 Å². The molecule has 18 nitrogen and oxygen atoms in total. The fraction of sp³-hybridized carbons (Fsp3) is 0.647. The maximum absolute atomic E-state index is 12.2. The minimum atomic E-state index is -5.24. The number of methoxy groups -OCH3 is 6. The average molecular weight is 1800 g/mol. The van der Waals surface area contributed by atoms with Gasteiger partial charge in [0.15, 0.2) is 0 Å². The van der Waals surface area contributed by atoms with Crippen LogP contribution in [0.3, 0.4) is 0 Å².